The first-order chi connectivity index (χ1) is 17.8. The number of halogens is 1. The molecule has 8 nitrogen and oxygen atoms in total. The molecular formula is C28H38ClN7O. The minimum absolute atomic E-state index is 0.0260. The van der Waals surface area contributed by atoms with Crippen molar-refractivity contribution in [2.24, 2.45) is 0 Å². The molecule has 198 valence electrons. The van der Waals surface area contributed by atoms with E-state index < -0.39 is 0 Å². The van der Waals surface area contributed by atoms with Gasteiger partial charge >= 0.3 is 0 Å². The van der Waals surface area contributed by atoms with Crippen molar-refractivity contribution in [3.8, 4) is 0 Å². The van der Waals surface area contributed by atoms with E-state index in [0.717, 1.165) is 38.0 Å². The highest BCUT2D eigenvalue weighted by Crippen LogP contribution is 2.33. The molecule has 37 heavy (non-hydrogen) atoms. The second kappa shape index (κ2) is 12.0. The van der Waals surface area contributed by atoms with Crippen LogP contribution in [-0.2, 0) is 11.2 Å². The minimum atomic E-state index is -0.0260. The van der Waals surface area contributed by atoms with E-state index in [1.165, 1.54) is 22.3 Å². The van der Waals surface area contributed by atoms with E-state index in [1.54, 1.807) is 6.20 Å². The van der Waals surface area contributed by atoms with E-state index in [1.807, 2.05) is 19.9 Å². The lowest BCUT2D eigenvalue weighted by Gasteiger charge is -2.37. The number of piperidine rings is 1. The molecule has 2 aromatic heterocycles. The lowest BCUT2D eigenvalue weighted by atomic mass is 9.84. The normalized spacial score (nSPS) is 15.5. The summed E-state index contributed by atoms with van der Waals surface area (Å²) in [7, 11) is 0. The summed E-state index contributed by atoms with van der Waals surface area (Å²) in [6.45, 7) is 13.0. The predicted molar refractivity (Wildman–Crippen MR) is 149 cm³/mol. The van der Waals surface area contributed by atoms with Crippen LogP contribution < -0.4 is 10.6 Å². The van der Waals surface area contributed by atoms with Gasteiger partial charge in [-0.15, -0.1) is 0 Å². The summed E-state index contributed by atoms with van der Waals surface area (Å²) in [6, 6.07) is 6.50. The maximum absolute atomic E-state index is 12.5. The number of aromatic nitrogens is 4. The number of anilines is 2. The van der Waals surface area contributed by atoms with Gasteiger partial charge in [-0.3, -0.25) is 14.8 Å². The van der Waals surface area contributed by atoms with Gasteiger partial charge in [0.05, 0.1) is 12.2 Å². The molecule has 1 aliphatic rings. The number of amides is 1. The lowest BCUT2D eigenvalue weighted by Crippen LogP contribution is -2.49. The smallest absolute Gasteiger partial charge is 0.237 e. The number of H-pyrrole nitrogens is 1. The van der Waals surface area contributed by atoms with E-state index in [4.69, 9.17) is 11.6 Å². The molecule has 0 bridgehead atoms. The second-order valence-corrected chi connectivity index (χ2v) is 10.4. The molecule has 1 fully saturated rings. The molecule has 3 heterocycles. The fourth-order valence-electron chi connectivity index (χ4n) is 5.30. The van der Waals surface area contributed by atoms with E-state index in [-0.39, 0.29) is 11.9 Å². The van der Waals surface area contributed by atoms with Gasteiger partial charge in [0.25, 0.3) is 0 Å². The van der Waals surface area contributed by atoms with Crippen LogP contribution in [0.5, 0.6) is 0 Å². The fourth-order valence-corrected chi connectivity index (χ4v) is 5.44. The van der Waals surface area contributed by atoms with Crippen LogP contribution in [0.3, 0.4) is 0 Å². The second-order valence-electron chi connectivity index (χ2n) is 9.98. The first-order valence-electron chi connectivity index (χ1n) is 13.2. The molecule has 3 aromatic rings. The Labute approximate surface area is 224 Å². The third kappa shape index (κ3) is 6.48. The van der Waals surface area contributed by atoms with E-state index in [2.05, 4.69) is 68.6 Å². The quantitative estimate of drug-likeness (QED) is 0.356. The molecule has 1 aromatic carbocycles. The molecule has 1 aliphatic heterocycles. The molecule has 9 heteroatoms. The van der Waals surface area contributed by atoms with Crippen molar-refractivity contribution in [2.45, 2.75) is 72.3 Å². The summed E-state index contributed by atoms with van der Waals surface area (Å²) in [5.41, 5.74) is 6.13. The maximum Gasteiger partial charge on any atom is 0.237 e. The Kier molecular flexibility index (Phi) is 8.82. The van der Waals surface area contributed by atoms with Crippen LogP contribution in [0.15, 0.2) is 24.4 Å². The van der Waals surface area contributed by atoms with Gasteiger partial charge in [-0.2, -0.15) is 5.10 Å². The Morgan fingerprint density at radius 1 is 1.16 bits per heavy atom. The number of rotatable bonds is 9. The van der Waals surface area contributed by atoms with Crippen molar-refractivity contribution >= 4 is 29.1 Å². The highest BCUT2D eigenvalue weighted by Gasteiger charge is 2.29. The van der Waals surface area contributed by atoms with Crippen LogP contribution in [0.1, 0.15) is 72.8 Å². The van der Waals surface area contributed by atoms with Gasteiger partial charge < -0.3 is 10.6 Å². The zero-order valence-electron chi connectivity index (χ0n) is 22.5. The van der Waals surface area contributed by atoms with Crippen LogP contribution in [0.2, 0.25) is 5.02 Å². The van der Waals surface area contributed by atoms with Crippen LogP contribution in [0, 0.1) is 20.8 Å². The van der Waals surface area contributed by atoms with Gasteiger partial charge in [0.2, 0.25) is 5.91 Å². The number of hydrogen-bond donors (Lipinski definition) is 3. The highest BCUT2D eigenvalue weighted by atomic mass is 35.5. The van der Waals surface area contributed by atoms with Gasteiger partial charge in [-0.05, 0) is 88.2 Å². The molecule has 1 unspecified atom stereocenters. The Hall–Kier alpha value is -2.97. The summed E-state index contributed by atoms with van der Waals surface area (Å²) in [6.07, 6.45) is 5.24. The van der Waals surface area contributed by atoms with Gasteiger partial charge in [-0.1, -0.05) is 30.7 Å². The summed E-state index contributed by atoms with van der Waals surface area (Å²) in [5.74, 6) is 2.59. The zero-order chi connectivity index (χ0) is 26.5. The number of carbonyl (C=O) groups excluding carboxylic acids is 1. The summed E-state index contributed by atoms with van der Waals surface area (Å²) < 4.78 is 0. The number of carbonyl (C=O) groups is 1. The molecule has 0 aliphatic carbocycles. The first kappa shape index (κ1) is 27.1. The van der Waals surface area contributed by atoms with Gasteiger partial charge in [0, 0.05) is 24.7 Å². The van der Waals surface area contributed by atoms with Crippen molar-refractivity contribution in [3.05, 3.63) is 63.2 Å². The number of benzene rings is 1. The van der Waals surface area contributed by atoms with E-state index in [0.29, 0.717) is 41.4 Å². The minimum Gasteiger partial charge on any atom is -0.355 e. The number of nitrogens with one attached hydrogen (secondary N) is 3. The van der Waals surface area contributed by atoms with Gasteiger partial charge in [0.15, 0.2) is 11.6 Å². The van der Waals surface area contributed by atoms with Gasteiger partial charge in [-0.25, -0.2) is 9.97 Å². The maximum atomic E-state index is 12.5. The van der Waals surface area contributed by atoms with Crippen molar-refractivity contribution in [2.75, 3.05) is 25.0 Å². The molecule has 3 N–H and O–H groups in total. The molecule has 0 radical (unpaired) electrons. The van der Waals surface area contributed by atoms with Gasteiger partial charge in [0.1, 0.15) is 10.8 Å². The summed E-state index contributed by atoms with van der Waals surface area (Å²) in [5, 5.41) is 13.7. The number of aromatic amines is 1. The van der Waals surface area contributed by atoms with Crippen molar-refractivity contribution in [1.82, 2.24) is 30.4 Å². The van der Waals surface area contributed by atoms with Crippen molar-refractivity contribution in [3.63, 3.8) is 0 Å². The molecular weight excluding hydrogens is 486 g/mol. The van der Waals surface area contributed by atoms with Crippen molar-refractivity contribution in [1.29, 1.82) is 0 Å². The molecule has 1 atom stereocenters. The Bertz CT molecular complexity index is 1230. The highest BCUT2D eigenvalue weighted by molar-refractivity contribution is 6.32. The third-order valence-corrected chi connectivity index (χ3v) is 7.55. The molecule has 1 amide bonds. The van der Waals surface area contributed by atoms with Crippen molar-refractivity contribution < 1.29 is 4.79 Å². The number of nitrogens with zero attached hydrogens (tertiary/aromatic N) is 4. The molecule has 1 saturated heterocycles. The van der Waals surface area contributed by atoms with Crippen LogP contribution in [0.25, 0.3) is 0 Å². The summed E-state index contributed by atoms with van der Waals surface area (Å²) >= 11 is 6.34. The van der Waals surface area contributed by atoms with Crippen LogP contribution >= 0.6 is 11.6 Å². The Balaban J connectivity index is 1.44. The van der Waals surface area contributed by atoms with Crippen LogP contribution in [0.4, 0.5) is 11.6 Å². The van der Waals surface area contributed by atoms with Crippen LogP contribution in [-0.4, -0.2) is 56.6 Å². The Morgan fingerprint density at radius 3 is 2.57 bits per heavy atom. The first-order valence-corrected chi connectivity index (χ1v) is 13.6. The topological polar surface area (TPSA) is 98.8 Å². The molecule has 0 saturated carbocycles. The number of likely N-dealkylation sites (tertiary alicyclic amines) is 1. The van der Waals surface area contributed by atoms with E-state index in [9.17, 15) is 4.79 Å². The standard InChI is InChI=1S/C28H38ClN7O/c1-6-24(28(37)30-7-2)36-10-8-20(9-11-36)22-13-17(3)21(12-18(22)4)15-25-31-16-23(29)27(32-25)33-26-14-19(5)34-35-26/h12-14,16,20,24H,6-11,15H2,1-5H3,(H,30,37)(H2,31,32,33,34,35). The fraction of sp³-hybridized carbons (Fsp3) is 0.500. The number of aryl methyl sites for hydroxylation is 3. The van der Waals surface area contributed by atoms with E-state index >= 15 is 0 Å². The molecule has 0 spiro atoms. The average molecular weight is 524 g/mol. The monoisotopic (exact) mass is 523 g/mol. The summed E-state index contributed by atoms with van der Waals surface area (Å²) in [4.78, 5) is 24.0. The SMILES string of the molecule is CCNC(=O)C(CC)N1CCC(c2cc(C)c(Cc3ncc(Cl)c(Nc4cc(C)[nH]n4)n3)cc2C)CC1. The Morgan fingerprint density at radius 2 is 1.92 bits per heavy atom. The number of hydrogen-bond acceptors (Lipinski definition) is 6. The zero-order valence-corrected chi connectivity index (χ0v) is 23.2. The third-order valence-electron chi connectivity index (χ3n) is 7.27. The average Bonchev–Trinajstić information content (AvgIpc) is 3.29. The lowest BCUT2D eigenvalue weighted by molar-refractivity contribution is -0.126. The largest absolute Gasteiger partial charge is 0.355 e. The predicted octanol–water partition coefficient (Wildman–Crippen LogP) is 5.21. The molecule has 4 rings (SSSR count). The number of likely N-dealkylation sites (N-methyl/N-ethyl adjacent to an activating group) is 1.